The number of carboxylic acids is 1. The monoisotopic (exact) mass is 312 g/mol. The average molecular weight is 313 g/mol. The van der Waals surface area contributed by atoms with Crippen molar-refractivity contribution in [2.75, 3.05) is 0 Å². The lowest BCUT2D eigenvalue weighted by Gasteiger charge is -2.35. The third-order valence-corrected chi connectivity index (χ3v) is 4.52. The normalized spacial score (nSPS) is 17.4. The first kappa shape index (κ1) is 16.0. The summed E-state index contributed by atoms with van der Waals surface area (Å²) in [5, 5.41) is 9.08. The second-order valence-electron chi connectivity index (χ2n) is 5.86. The van der Waals surface area contributed by atoms with Crippen LogP contribution in [0.25, 0.3) is 0 Å². The van der Waals surface area contributed by atoms with Gasteiger partial charge in [0, 0.05) is 12.0 Å². The highest BCUT2D eigenvalue weighted by atomic mass is 35.5. The Bertz CT molecular complexity index is 550. The third kappa shape index (κ3) is 4.03. The number of hydrogen-bond donors (Lipinski definition) is 1. The molecule has 1 N–H and O–H groups in total. The van der Waals surface area contributed by atoms with Crippen molar-refractivity contribution < 1.29 is 19.1 Å². The second-order valence-corrected chi connectivity index (χ2v) is 6.27. The van der Waals surface area contributed by atoms with Crippen molar-refractivity contribution in [1.29, 1.82) is 0 Å². The molecule has 0 atom stereocenters. The van der Waals surface area contributed by atoms with E-state index in [1.807, 2.05) is 0 Å². The Balaban J connectivity index is 2.17. The lowest BCUT2D eigenvalue weighted by atomic mass is 9.68. The van der Waals surface area contributed by atoms with Crippen molar-refractivity contribution in [3.63, 3.8) is 0 Å². The molecule has 1 fully saturated rings. The van der Waals surface area contributed by atoms with Gasteiger partial charge in [0.25, 0.3) is 0 Å². The molecular formula is C16H18ClFO3. The molecule has 0 aliphatic heterocycles. The summed E-state index contributed by atoms with van der Waals surface area (Å²) < 4.78 is 13.4. The Hall–Kier alpha value is -1.42. The maximum Gasteiger partial charge on any atom is 0.303 e. The number of carboxylic acid groups (broad SMARTS) is 1. The van der Waals surface area contributed by atoms with E-state index in [1.54, 1.807) is 0 Å². The molecule has 0 heterocycles. The molecule has 0 saturated heterocycles. The molecular weight excluding hydrogens is 295 g/mol. The quantitative estimate of drug-likeness (QED) is 0.816. The first-order valence-electron chi connectivity index (χ1n) is 7.12. The first-order valence-corrected chi connectivity index (χ1v) is 7.50. The van der Waals surface area contributed by atoms with Crippen LogP contribution in [0.4, 0.5) is 4.39 Å². The fraction of sp³-hybridized carbons (Fsp3) is 0.500. The van der Waals surface area contributed by atoms with Crippen LogP contribution in [0.15, 0.2) is 18.2 Å². The van der Waals surface area contributed by atoms with E-state index in [0.717, 1.165) is 38.2 Å². The Kier molecular flexibility index (Phi) is 4.99. The number of benzene rings is 1. The predicted molar refractivity (Wildman–Crippen MR) is 78.1 cm³/mol. The smallest absolute Gasteiger partial charge is 0.303 e. The summed E-state index contributed by atoms with van der Waals surface area (Å²) >= 11 is 5.61. The molecule has 0 amide bonds. The summed E-state index contributed by atoms with van der Waals surface area (Å²) in [5.41, 5.74) is -0.232. The summed E-state index contributed by atoms with van der Waals surface area (Å²) in [6.07, 6.45) is 4.58. The zero-order chi connectivity index (χ0) is 15.5. The van der Waals surface area contributed by atoms with Gasteiger partial charge in [-0.1, -0.05) is 30.9 Å². The first-order chi connectivity index (χ1) is 9.92. The number of halogens is 2. The number of aliphatic carboxylic acids is 1. The van der Waals surface area contributed by atoms with Gasteiger partial charge in [-0.3, -0.25) is 9.59 Å². The van der Waals surface area contributed by atoms with Gasteiger partial charge in [0.15, 0.2) is 5.78 Å². The second kappa shape index (κ2) is 6.56. The number of rotatable bonds is 5. The minimum atomic E-state index is -0.882. The number of carbonyl (C=O) groups is 2. The molecule has 0 unspecified atom stereocenters. The zero-order valence-corrected chi connectivity index (χ0v) is 12.5. The maximum atomic E-state index is 13.4. The van der Waals surface area contributed by atoms with E-state index >= 15 is 0 Å². The highest BCUT2D eigenvalue weighted by molar-refractivity contribution is 6.30. The number of Topliss-reactive ketones (excluding diaryl/α,β-unsaturated/α-hetero) is 1. The molecule has 1 aliphatic carbocycles. The fourth-order valence-corrected chi connectivity index (χ4v) is 3.27. The highest BCUT2D eigenvalue weighted by Gasteiger charge is 2.36. The van der Waals surface area contributed by atoms with E-state index in [9.17, 15) is 14.0 Å². The Labute approximate surface area is 128 Å². The summed E-state index contributed by atoms with van der Waals surface area (Å²) in [6, 6.07) is 3.97. The van der Waals surface area contributed by atoms with Crippen LogP contribution in [-0.4, -0.2) is 16.9 Å². The maximum absolute atomic E-state index is 13.4. The molecule has 0 bridgehead atoms. The van der Waals surface area contributed by atoms with E-state index in [-0.39, 0.29) is 29.2 Å². The molecule has 5 heteroatoms. The van der Waals surface area contributed by atoms with E-state index in [2.05, 4.69) is 0 Å². The van der Waals surface area contributed by atoms with Gasteiger partial charge in [-0.15, -0.1) is 0 Å². The minimum absolute atomic E-state index is 0.00515. The minimum Gasteiger partial charge on any atom is -0.481 e. The molecule has 0 aromatic heterocycles. The van der Waals surface area contributed by atoms with Crippen LogP contribution in [0.2, 0.25) is 5.02 Å². The van der Waals surface area contributed by atoms with E-state index < -0.39 is 17.2 Å². The van der Waals surface area contributed by atoms with Crippen molar-refractivity contribution in [2.24, 2.45) is 5.41 Å². The summed E-state index contributed by atoms with van der Waals surface area (Å²) in [7, 11) is 0. The Morgan fingerprint density at radius 3 is 2.43 bits per heavy atom. The molecule has 0 radical (unpaired) electrons. The molecule has 0 spiro atoms. The zero-order valence-electron chi connectivity index (χ0n) is 11.7. The van der Waals surface area contributed by atoms with Crippen LogP contribution in [0.3, 0.4) is 0 Å². The standard InChI is InChI=1S/C16H18ClFO3/c17-12-5-4-11(8-13(12)18)14(19)9-16(10-15(20)21)6-2-1-3-7-16/h4-5,8H,1-3,6-7,9-10H2,(H,20,21). The van der Waals surface area contributed by atoms with Gasteiger partial charge in [0.1, 0.15) is 5.82 Å². The van der Waals surface area contributed by atoms with E-state index in [1.165, 1.54) is 12.1 Å². The average Bonchev–Trinajstić information content (AvgIpc) is 2.41. The van der Waals surface area contributed by atoms with Gasteiger partial charge < -0.3 is 5.11 Å². The van der Waals surface area contributed by atoms with Crippen molar-refractivity contribution in [3.8, 4) is 0 Å². The van der Waals surface area contributed by atoms with Crippen LogP contribution in [-0.2, 0) is 4.79 Å². The van der Waals surface area contributed by atoms with Gasteiger partial charge >= 0.3 is 5.97 Å². The number of carbonyl (C=O) groups excluding carboxylic acids is 1. The van der Waals surface area contributed by atoms with Gasteiger partial charge in [-0.25, -0.2) is 4.39 Å². The molecule has 1 aliphatic rings. The molecule has 1 aromatic carbocycles. The molecule has 2 rings (SSSR count). The van der Waals surface area contributed by atoms with E-state index in [0.29, 0.717) is 0 Å². The van der Waals surface area contributed by atoms with Gasteiger partial charge in [0.05, 0.1) is 11.4 Å². The molecule has 1 aromatic rings. The van der Waals surface area contributed by atoms with E-state index in [4.69, 9.17) is 16.7 Å². The summed E-state index contributed by atoms with van der Waals surface area (Å²) in [6.45, 7) is 0. The van der Waals surface area contributed by atoms with Crippen LogP contribution in [0.1, 0.15) is 55.3 Å². The molecule has 21 heavy (non-hydrogen) atoms. The molecule has 1 saturated carbocycles. The summed E-state index contributed by atoms with van der Waals surface area (Å²) in [5.74, 6) is -1.72. The Morgan fingerprint density at radius 1 is 1.19 bits per heavy atom. The topological polar surface area (TPSA) is 54.4 Å². The van der Waals surface area contributed by atoms with Crippen molar-refractivity contribution in [1.82, 2.24) is 0 Å². The SMILES string of the molecule is O=C(O)CC1(CC(=O)c2ccc(Cl)c(F)c2)CCCCC1. The van der Waals surface area contributed by atoms with Crippen LogP contribution >= 0.6 is 11.6 Å². The Morgan fingerprint density at radius 2 is 1.86 bits per heavy atom. The van der Waals surface area contributed by atoms with Crippen LogP contribution < -0.4 is 0 Å². The van der Waals surface area contributed by atoms with Gasteiger partial charge in [0.2, 0.25) is 0 Å². The molecule has 114 valence electrons. The largest absolute Gasteiger partial charge is 0.481 e. The highest BCUT2D eigenvalue weighted by Crippen LogP contribution is 2.43. The van der Waals surface area contributed by atoms with Gasteiger partial charge in [-0.2, -0.15) is 0 Å². The van der Waals surface area contributed by atoms with Crippen LogP contribution in [0, 0.1) is 11.2 Å². The predicted octanol–water partition coefficient (Wildman–Crippen LogP) is 4.48. The molecule has 3 nitrogen and oxygen atoms in total. The lowest BCUT2D eigenvalue weighted by molar-refractivity contribution is -0.140. The number of hydrogen-bond acceptors (Lipinski definition) is 2. The van der Waals surface area contributed by atoms with Crippen molar-refractivity contribution in [2.45, 2.75) is 44.9 Å². The third-order valence-electron chi connectivity index (χ3n) is 4.22. The van der Waals surface area contributed by atoms with Gasteiger partial charge in [-0.05, 0) is 36.5 Å². The van der Waals surface area contributed by atoms with Crippen LogP contribution in [0.5, 0.6) is 0 Å². The van der Waals surface area contributed by atoms with Crippen molar-refractivity contribution >= 4 is 23.4 Å². The fourth-order valence-electron chi connectivity index (χ4n) is 3.15. The van der Waals surface area contributed by atoms with Crippen molar-refractivity contribution in [3.05, 3.63) is 34.6 Å². The lowest BCUT2D eigenvalue weighted by Crippen LogP contribution is -2.30. The summed E-state index contributed by atoms with van der Waals surface area (Å²) in [4.78, 5) is 23.5. The number of ketones is 1.